The summed E-state index contributed by atoms with van der Waals surface area (Å²) in [5.74, 6) is 1.89. The Balaban J connectivity index is 2.01. The zero-order valence-electron chi connectivity index (χ0n) is 8.34. The SMILES string of the molecule is CCCC1CCC12C(C)CC2N. The summed E-state index contributed by atoms with van der Waals surface area (Å²) < 4.78 is 0. The van der Waals surface area contributed by atoms with Crippen LogP contribution in [0.15, 0.2) is 0 Å². The molecule has 12 heavy (non-hydrogen) atoms. The highest BCUT2D eigenvalue weighted by molar-refractivity contribution is 5.11. The maximum Gasteiger partial charge on any atom is 0.0103 e. The second-order valence-corrected chi connectivity index (χ2v) is 4.88. The Hall–Kier alpha value is -0.0400. The van der Waals surface area contributed by atoms with Crippen molar-refractivity contribution in [2.75, 3.05) is 0 Å². The maximum atomic E-state index is 6.13. The van der Waals surface area contributed by atoms with Crippen molar-refractivity contribution in [3.8, 4) is 0 Å². The second-order valence-electron chi connectivity index (χ2n) is 4.88. The van der Waals surface area contributed by atoms with Crippen LogP contribution in [0.1, 0.15) is 46.0 Å². The molecule has 2 saturated carbocycles. The summed E-state index contributed by atoms with van der Waals surface area (Å²) >= 11 is 0. The van der Waals surface area contributed by atoms with Crippen LogP contribution in [-0.2, 0) is 0 Å². The van der Waals surface area contributed by atoms with E-state index in [0.717, 1.165) is 11.8 Å². The van der Waals surface area contributed by atoms with Gasteiger partial charge in [0.05, 0.1) is 0 Å². The van der Waals surface area contributed by atoms with Gasteiger partial charge in [0.15, 0.2) is 0 Å². The Labute approximate surface area is 75.7 Å². The molecule has 2 fully saturated rings. The zero-order chi connectivity index (χ0) is 8.77. The van der Waals surface area contributed by atoms with E-state index in [1.807, 2.05) is 0 Å². The van der Waals surface area contributed by atoms with Gasteiger partial charge in [0.1, 0.15) is 0 Å². The van der Waals surface area contributed by atoms with E-state index in [1.165, 1.54) is 32.1 Å². The highest BCUT2D eigenvalue weighted by Crippen LogP contribution is 2.63. The van der Waals surface area contributed by atoms with Crippen LogP contribution in [0.5, 0.6) is 0 Å². The molecular weight excluding hydrogens is 146 g/mol. The van der Waals surface area contributed by atoms with Gasteiger partial charge < -0.3 is 5.73 Å². The molecule has 0 aromatic heterocycles. The molecule has 0 saturated heterocycles. The van der Waals surface area contributed by atoms with Crippen LogP contribution < -0.4 is 5.73 Å². The Bertz CT molecular complexity index is 168. The molecule has 2 aliphatic carbocycles. The predicted octanol–water partition coefficient (Wildman–Crippen LogP) is 2.55. The van der Waals surface area contributed by atoms with Crippen molar-refractivity contribution < 1.29 is 0 Å². The Kier molecular flexibility index (Phi) is 1.95. The number of hydrogen-bond donors (Lipinski definition) is 1. The lowest BCUT2D eigenvalue weighted by molar-refractivity contribution is -0.127. The third kappa shape index (κ3) is 0.834. The molecule has 1 spiro atoms. The van der Waals surface area contributed by atoms with Crippen LogP contribution in [0.25, 0.3) is 0 Å². The Morgan fingerprint density at radius 3 is 2.58 bits per heavy atom. The van der Waals surface area contributed by atoms with Crippen LogP contribution in [0.4, 0.5) is 0 Å². The molecule has 4 unspecified atom stereocenters. The first-order valence-corrected chi connectivity index (χ1v) is 5.47. The molecule has 0 aliphatic heterocycles. The summed E-state index contributed by atoms with van der Waals surface area (Å²) in [6.45, 7) is 4.69. The van der Waals surface area contributed by atoms with E-state index < -0.39 is 0 Å². The highest BCUT2D eigenvalue weighted by atomic mass is 14.8. The van der Waals surface area contributed by atoms with Crippen molar-refractivity contribution >= 4 is 0 Å². The molecule has 0 bridgehead atoms. The molecule has 0 radical (unpaired) electrons. The smallest absolute Gasteiger partial charge is 0.0103 e. The molecule has 1 nitrogen and oxygen atoms in total. The first kappa shape index (κ1) is 8.55. The van der Waals surface area contributed by atoms with Crippen LogP contribution in [0.2, 0.25) is 0 Å². The zero-order valence-corrected chi connectivity index (χ0v) is 8.34. The summed E-state index contributed by atoms with van der Waals surface area (Å²) in [5.41, 5.74) is 6.74. The molecule has 2 aliphatic rings. The largest absolute Gasteiger partial charge is 0.327 e. The van der Waals surface area contributed by atoms with Gasteiger partial charge in [-0.2, -0.15) is 0 Å². The minimum absolute atomic E-state index is 0.540. The van der Waals surface area contributed by atoms with Crippen molar-refractivity contribution in [1.29, 1.82) is 0 Å². The van der Waals surface area contributed by atoms with Crippen molar-refractivity contribution in [2.24, 2.45) is 23.0 Å². The molecule has 0 aromatic rings. The third-order valence-electron chi connectivity index (χ3n) is 4.54. The summed E-state index contributed by atoms with van der Waals surface area (Å²) in [5, 5.41) is 0. The van der Waals surface area contributed by atoms with E-state index in [1.54, 1.807) is 0 Å². The highest BCUT2D eigenvalue weighted by Gasteiger charge is 2.59. The predicted molar refractivity (Wildman–Crippen MR) is 51.8 cm³/mol. The van der Waals surface area contributed by atoms with Gasteiger partial charge in [-0.15, -0.1) is 0 Å². The van der Waals surface area contributed by atoms with Crippen LogP contribution in [0.3, 0.4) is 0 Å². The molecule has 2 rings (SSSR count). The standard InChI is InChI=1S/C11H21N/c1-3-4-9-5-6-11(9)8(2)7-10(11)12/h8-10H,3-7,12H2,1-2H3. The van der Waals surface area contributed by atoms with Gasteiger partial charge in [0, 0.05) is 6.04 Å². The van der Waals surface area contributed by atoms with E-state index >= 15 is 0 Å². The number of nitrogens with two attached hydrogens (primary N) is 1. The van der Waals surface area contributed by atoms with Gasteiger partial charge in [0.2, 0.25) is 0 Å². The van der Waals surface area contributed by atoms with Crippen molar-refractivity contribution in [3.63, 3.8) is 0 Å². The molecule has 70 valence electrons. The molecule has 2 N–H and O–H groups in total. The normalized spacial score (nSPS) is 51.8. The molecule has 4 atom stereocenters. The van der Waals surface area contributed by atoms with Crippen LogP contribution >= 0.6 is 0 Å². The summed E-state index contributed by atoms with van der Waals surface area (Å²) in [6, 6.07) is 0.540. The van der Waals surface area contributed by atoms with Gasteiger partial charge in [-0.3, -0.25) is 0 Å². The van der Waals surface area contributed by atoms with E-state index in [-0.39, 0.29) is 0 Å². The van der Waals surface area contributed by atoms with Crippen molar-refractivity contribution in [3.05, 3.63) is 0 Å². The second kappa shape index (κ2) is 2.73. The van der Waals surface area contributed by atoms with E-state index in [2.05, 4.69) is 13.8 Å². The first-order valence-electron chi connectivity index (χ1n) is 5.47. The molecule has 1 heteroatoms. The van der Waals surface area contributed by atoms with E-state index in [4.69, 9.17) is 5.73 Å². The fraction of sp³-hybridized carbons (Fsp3) is 1.00. The Morgan fingerprint density at radius 1 is 1.50 bits per heavy atom. The van der Waals surface area contributed by atoms with Gasteiger partial charge >= 0.3 is 0 Å². The molecular formula is C11H21N. The lowest BCUT2D eigenvalue weighted by Crippen LogP contribution is -2.65. The minimum atomic E-state index is 0.540. The lowest BCUT2D eigenvalue weighted by Gasteiger charge is -2.64. The first-order chi connectivity index (χ1) is 5.71. The lowest BCUT2D eigenvalue weighted by atomic mass is 9.42. The van der Waals surface area contributed by atoms with Gasteiger partial charge in [0.25, 0.3) is 0 Å². The third-order valence-corrected chi connectivity index (χ3v) is 4.54. The average Bonchev–Trinajstić information content (AvgIpc) is 1.98. The summed E-state index contributed by atoms with van der Waals surface area (Å²) in [6.07, 6.45) is 6.90. The summed E-state index contributed by atoms with van der Waals surface area (Å²) in [4.78, 5) is 0. The van der Waals surface area contributed by atoms with Gasteiger partial charge in [-0.25, -0.2) is 0 Å². The van der Waals surface area contributed by atoms with Crippen LogP contribution in [-0.4, -0.2) is 6.04 Å². The monoisotopic (exact) mass is 167 g/mol. The van der Waals surface area contributed by atoms with Gasteiger partial charge in [-0.05, 0) is 36.5 Å². The van der Waals surface area contributed by atoms with Crippen molar-refractivity contribution in [1.82, 2.24) is 0 Å². The Morgan fingerprint density at radius 2 is 2.25 bits per heavy atom. The maximum absolute atomic E-state index is 6.13. The summed E-state index contributed by atoms with van der Waals surface area (Å²) in [7, 11) is 0. The molecule has 0 amide bonds. The minimum Gasteiger partial charge on any atom is -0.327 e. The fourth-order valence-electron chi connectivity index (χ4n) is 3.60. The topological polar surface area (TPSA) is 26.0 Å². The number of hydrogen-bond acceptors (Lipinski definition) is 1. The van der Waals surface area contributed by atoms with E-state index in [9.17, 15) is 0 Å². The van der Waals surface area contributed by atoms with E-state index in [0.29, 0.717) is 11.5 Å². The van der Waals surface area contributed by atoms with Gasteiger partial charge in [-0.1, -0.05) is 26.7 Å². The molecule has 0 heterocycles. The number of rotatable bonds is 2. The fourth-order valence-corrected chi connectivity index (χ4v) is 3.60. The van der Waals surface area contributed by atoms with Crippen molar-refractivity contribution in [2.45, 2.75) is 52.0 Å². The quantitative estimate of drug-likeness (QED) is 0.672. The van der Waals surface area contributed by atoms with Crippen LogP contribution in [0, 0.1) is 17.3 Å². The molecule has 0 aromatic carbocycles. The average molecular weight is 167 g/mol.